The van der Waals surface area contributed by atoms with Crippen molar-refractivity contribution in [2.24, 2.45) is 0 Å². The highest BCUT2D eigenvalue weighted by atomic mass is 35.5. The number of esters is 1. The van der Waals surface area contributed by atoms with Crippen molar-refractivity contribution in [1.82, 2.24) is 4.98 Å². The van der Waals surface area contributed by atoms with Gasteiger partial charge in [-0.3, -0.25) is 0 Å². The van der Waals surface area contributed by atoms with Gasteiger partial charge in [0.05, 0.1) is 34.6 Å². The topological polar surface area (TPSA) is 85.4 Å². The maximum atomic E-state index is 11.3. The van der Waals surface area contributed by atoms with E-state index < -0.39 is 12.1 Å². The Balaban J connectivity index is 3.47. The molecule has 0 aliphatic rings. The van der Waals surface area contributed by atoms with Crippen LogP contribution in [-0.2, 0) is 4.74 Å². The molecule has 16 heavy (non-hydrogen) atoms. The Labute approximate surface area is 102 Å². The van der Waals surface area contributed by atoms with Gasteiger partial charge in [0.2, 0.25) is 0 Å². The van der Waals surface area contributed by atoms with E-state index in [1.807, 2.05) is 0 Å². The van der Waals surface area contributed by atoms with E-state index in [1.165, 1.54) is 14.0 Å². The molecule has 0 radical (unpaired) electrons. The molecule has 0 aliphatic carbocycles. The number of anilines is 1. The lowest BCUT2D eigenvalue weighted by atomic mass is 10.2. The van der Waals surface area contributed by atoms with E-state index >= 15 is 0 Å². The Morgan fingerprint density at radius 3 is 2.50 bits per heavy atom. The fraction of sp³-hybridized carbons (Fsp3) is 0.333. The Bertz CT molecular complexity index is 435. The molecule has 5 nitrogen and oxygen atoms in total. The first-order chi connectivity index (χ1) is 7.40. The molecule has 0 bridgehead atoms. The van der Waals surface area contributed by atoms with Crippen molar-refractivity contribution in [3.05, 3.63) is 21.4 Å². The first-order valence-corrected chi connectivity index (χ1v) is 5.06. The van der Waals surface area contributed by atoms with Crippen LogP contribution in [0.4, 0.5) is 5.69 Å². The molecule has 1 aromatic rings. The normalized spacial score (nSPS) is 12.3. The van der Waals surface area contributed by atoms with Crippen molar-refractivity contribution in [3.63, 3.8) is 0 Å². The summed E-state index contributed by atoms with van der Waals surface area (Å²) in [5, 5.41) is 9.35. The highest BCUT2D eigenvalue weighted by molar-refractivity contribution is 6.40. The van der Waals surface area contributed by atoms with Gasteiger partial charge >= 0.3 is 5.97 Å². The monoisotopic (exact) mass is 264 g/mol. The minimum absolute atomic E-state index is 0.00497. The standard InChI is InChI=1S/C9H10Cl2N2O3/c1-3(14)7-4(10)6(12)5(11)8(13-7)9(15)16-2/h3,14H,1-2H3,(H2,12,13). The van der Waals surface area contributed by atoms with Crippen LogP contribution in [0.15, 0.2) is 0 Å². The number of nitrogens with zero attached hydrogens (tertiary/aromatic N) is 1. The number of nitrogen functional groups attached to an aromatic ring is 1. The number of hydrogen-bond acceptors (Lipinski definition) is 5. The molecule has 0 saturated carbocycles. The van der Waals surface area contributed by atoms with Gasteiger partial charge in [0.25, 0.3) is 0 Å². The summed E-state index contributed by atoms with van der Waals surface area (Å²) in [6, 6.07) is 0. The molecule has 0 amide bonds. The summed E-state index contributed by atoms with van der Waals surface area (Å²) in [7, 11) is 1.19. The van der Waals surface area contributed by atoms with Gasteiger partial charge < -0.3 is 15.6 Å². The van der Waals surface area contributed by atoms with Crippen molar-refractivity contribution in [1.29, 1.82) is 0 Å². The van der Waals surface area contributed by atoms with Gasteiger partial charge in [-0.2, -0.15) is 0 Å². The maximum Gasteiger partial charge on any atom is 0.358 e. The summed E-state index contributed by atoms with van der Waals surface area (Å²) >= 11 is 11.6. The van der Waals surface area contributed by atoms with E-state index in [2.05, 4.69) is 9.72 Å². The highest BCUT2D eigenvalue weighted by Gasteiger charge is 2.22. The van der Waals surface area contributed by atoms with Crippen molar-refractivity contribution in [3.8, 4) is 0 Å². The van der Waals surface area contributed by atoms with Crippen LogP contribution in [-0.4, -0.2) is 23.2 Å². The molecular weight excluding hydrogens is 255 g/mol. The van der Waals surface area contributed by atoms with E-state index in [-0.39, 0.29) is 27.1 Å². The number of nitrogens with two attached hydrogens (primary N) is 1. The van der Waals surface area contributed by atoms with Crippen molar-refractivity contribution < 1.29 is 14.6 Å². The third-order valence-electron chi connectivity index (χ3n) is 1.91. The summed E-state index contributed by atoms with van der Waals surface area (Å²) in [6.45, 7) is 1.45. The van der Waals surface area contributed by atoms with Crippen LogP contribution < -0.4 is 5.73 Å². The first-order valence-electron chi connectivity index (χ1n) is 4.30. The van der Waals surface area contributed by atoms with E-state index in [4.69, 9.17) is 28.9 Å². The Kier molecular flexibility index (Phi) is 3.96. The Morgan fingerprint density at radius 2 is 2.06 bits per heavy atom. The number of aliphatic hydroxyl groups is 1. The van der Waals surface area contributed by atoms with Gasteiger partial charge in [-0.1, -0.05) is 23.2 Å². The van der Waals surface area contributed by atoms with Crippen LogP contribution >= 0.6 is 23.2 Å². The van der Waals surface area contributed by atoms with Crippen LogP contribution in [0.2, 0.25) is 10.0 Å². The average molecular weight is 265 g/mol. The molecule has 1 rings (SSSR count). The predicted octanol–water partition coefficient (Wildman–Crippen LogP) is 1.81. The van der Waals surface area contributed by atoms with Gasteiger partial charge in [0.1, 0.15) is 0 Å². The fourth-order valence-corrected chi connectivity index (χ4v) is 1.65. The second-order valence-electron chi connectivity index (χ2n) is 3.05. The lowest BCUT2D eigenvalue weighted by molar-refractivity contribution is 0.0593. The number of aliphatic hydroxyl groups excluding tert-OH is 1. The molecule has 0 fully saturated rings. The third-order valence-corrected chi connectivity index (χ3v) is 2.69. The number of aromatic nitrogens is 1. The van der Waals surface area contributed by atoms with E-state index in [0.717, 1.165) is 0 Å². The molecule has 0 aromatic carbocycles. The summed E-state index contributed by atoms with van der Waals surface area (Å²) in [5.74, 6) is -0.740. The van der Waals surface area contributed by atoms with Crippen molar-refractivity contribution in [2.45, 2.75) is 13.0 Å². The maximum absolute atomic E-state index is 11.3. The predicted molar refractivity (Wildman–Crippen MR) is 60.6 cm³/mol. The van der Waals surface area contributed by atoms with Gasteiger partial charge in [0.15, 0.2) is 5.69 Å². The van der Waals surface area contributed by atoms with E-state index in [1.54, 1.807) is 0 Å². The summed E-state index contributed by atoms with van der Waals surface area (Å²) in [4.78, 5) is 15.2. The number of pyridine rings is 1. The molecule has 0 spiro atoms. The minimum Gasteiger partial charge on any atom is -0.464 e. The Morgan fingerprint density at radius 1 is 1.50 bits per heavy atom. The second kappa shape index (κ2) is 4.86. The molecule has 88 valence electrons. The van der Waals surface area contributed by atoms with E-state index in [0.29, 0.717) is 0 Å². The smallest absolute Gasteiger partial charge is 0.358 e. The number of halogens is 2. The van der Waals surface area contributed by atoms with Crippen LogP contribution in [0.1, 0.15) is 29.2 Å². The molecule has 1 atom stereocenters. The minimum atomic E-state index is -0.963. The summed E-state index contributed by atoms with van der Waals surface area (Å²) in [6.07, 6.45) is -0.963. The fourth-order valence-electron chi connectivity index (χ4n) is 1.09. The van der Waals surface area contributed by atoms with Gasteiger partial charge in [-0.05, 0) is 6.92 Å². The number of carbonyl (C=O) groups excluding carboxylic acids is 1. The lowest BCUT2D eigenvalue weighted by Gasteiger charge is -2.12. The molecule has 1 aromatic heterocycles. The molecule has 3 N–H and O–H groups in total. The van der Waals surface area contributed by atoms with Gasteiger partial charge in [-0.15, -0.1) is 0 Å². The molecule has 0 saturated heterocycles. The lowest BCUT2D eigenvalue weighted by Crippen LogP contribution is -2.11. The van der Waals surface area contributed by atoms with Crippen LogP contribution in [0.5, 0.6) is 0 Å². The Hall–Kier alpha value is -1.04. The number of rotatable bonds is 2. The van der Waals surface area contributed by atoms with Crippen molar-refractivity contribution >= 4 is 34.9 Å². The number of ether oxygens (including phenoxy) is 1. The summed E-state index contributed by atoms with van der Waals surface area (Å²) < 4.78 is 4.48. The zero-order valence-corrected chi connectivity index (χ0v) is 10.1. The quantitative estimate of drug-likeness (QED) is 0.796. The van der Waals surface area contributed by atoms with Crippen molar-refractivity contribution in [2.75, 3.05) is 12.8 Å². The third kappa shape index (κ3) is 2.21. The number of carbonyl (C=O) groups is 1. The SMILES string of the molecule is COC(=O)c1nc(C(C)O)c(Cl)c(N)c1Cl. The second-order valence-corrected chi connectivity index (χ2v) is 3.81. The van der Waals surface area contributed by atoms with Gasteiger partial charge in [-0.25, -0.2) is 9.78 Å². The zero-order chi connectivity index (χ0) is 12.5. The first kappa shape index (κ1) is 13.0. The molecule has 7 heteroatoms. The average Bonchev–Trinajstić information content (AvgIpc) is 2.25. The molecule has 1 heterocycles. The molecular formula is C9H10Cl2N2O3. The molecule has 1 unspecified atom stereocenters. The van der Waals surface area contributed by atoms with Gasteiger partial charge in [0, 0.05) is 0 Å². The van der Waals surface area contributed by atoms with Crippen LogP contribution in [0.25, 0.3) is 0 Å². The number of hydrogen-bond donors (Lipinski definition) is 2. The highest BCUT2D eigenvalue weighted by Crippen LogP contribution is 2.34. The summed E-state index contributed by atoms with van der Waals surface area (Å²) in [5.41, 5.74) is 5.51. The largest absolute Gasteiger partial charge is 0.464 e. The van der Waals surface area contributed by atoms with Crippen LogP contribution in [0, 0.1) is 0 Å². The van der Waals surface area contributed by atoms with E-state index in [9.17, 15) is 9.90 Å². The zero-order valence-electron chi connectivity index (χ0n) is 8.62. The van der Waals surface area contributed by atoms with Crippen LogP contribution in [0.3, 0.4) is 0 Å². The molecule has 0 aliphatic heterocycles. The number of methoxy groups -OCH3 is 1.